The molecule has 0 saturated carbocycles. The first-order valence-electron chi connectivity index (χ1n) is 11.1. The Bertz CT molecular complexity index is 1460. The van der Waals surface area contributed by atoms with E-state index in [1.54, 1.807) is 7.05 Å². The van der Waals surface area contributed by atoms with Crippen molar-refractivity contribution in [2.45, 2.75) is 44.0 Å². The molecule has 0 aliphatic heterocycles. The molecule has 4 aromatic rings. The Labute approximate surface area is 203 Å². The van der Waals surface area contributed by atoms with E-state index in [2.05, 4.69) is 68.2 Å². The summed E-state index contributed by atoms with van der Waals surface area (Å²) in [6.07, 6.45) is 0. The number of thioether (sulfide) groups is 1. The molecule has 0 spiro atoms. The Morgan fingerprint density at radius 1 is 0.912 bits per heavy atom. The van der Waals surface area contributed by atoms with Gasteiger partial charge >= 0.3 is 5.69 Å². The van der Waals surface area contributed by atoms with E-state index < -0.39 is 0 Å². The molecule has 34 heavy (non-hydrogen) atoms. The molecule has 0 aliphatic rings. The number of rotatable bonds is 5. The SMILES string of the molecule is Cc1ccccc1-n1c(SCc2cc(=O)n(C)c(=O)n2C)nnc1-c1ccc(C(C)(C)C)cc1. The van der Waals surface area contributed by atoms with Crippen LogP contribution in [0.4, 0.5) is 0 Å². The van der Waals surface area contributed by atoms with E-state index in [1.165, 1.54) is 35.0 Å². The lowest BCUT2D eigenvalue weighted by Crippen LogP contribution is -2.37. The third kappa shape index (κ3) is 4.50. The summed E-state index contributed by atoms with van der Waals surface area (Å²) >= 11 is 1.45. The molecule has 0 radical (unpaired) electrons. The lowest BCUT2D eigenvalue weighted by atomic mass is 9.87. The third-order valence-corrected chi connectivity index (χ3v) is 6.94. The van der Waals surface area contributed by atoms with E-state index in [4.69, 9.17) is 0 Å². The van der Waals surface area contributed by atoms with Crippen molar-refractivity contribution < 1.29 is 0 Å². The van der Waals surface area contributed by atoms with Gasteiger partial charge in [0.2, 0.25) is 0 Å². The highest BCUT2D eigenvalue weighted by Gasteiger charge is 2.20. The standard InChI is InChI=1S/C26H29N5O2S/c1-17-9-7-8-10-21(17)31-23(18-11-13-19(14-12-18)26(2,3)4)27-28-24(31)34-16-20-15-22(32)30(6)25(33)29(20)5/h7-15H,16H2,1-6H3. The maximum absolute atomic E-state index is 12.3. The molecule has 2 heterocycles. The number of benzene rings is 2. The van der Waals surface area contributed by atoms with Crippen molar-refractivity contribution in [1.82, 2.24) is 23.9 Å². The molecule has 2 aromatic carbocycles. The average Bonchev–Trinajstić information content (AvgIpc) is 3.22. The van der Waals surface area contributed by atoms with Crippen LogP contribution in [0.2, 0.25) is 0 Å². The average molecular weight is 476 g/mol. The van der Waals surface area contributed by atoms with Crippen molar-refractivity contribution in [3.63, 3.8) is 0 Å². The maximum Gasteiger partial charge on any atom is 0.330 e. The molecule has 0 aliphatic carbocycles. The Hall–Kier alpha value is -3.39. The van der Waals surface area contributed by atoms with E-state index in [9.17, 15) is 9.59 Å². The van der Waals surface area contributed by atoms with Crippen molar-refractivity contribution >= 4 is 11.8 Å². The molecule has 0 fully saturated rings. The number of hydrogen-bond donors (Lipinski definition) is 0. The lowest BCUT2D eigenvalue weighted by Gasteiger charge is -2.19. The molecule has 8 heteroatoms. The molecule has 0 atom stereocenters. The first-order valence-corrected chi connectivity index (χ1v) is 12.1. The van der Waals surface area contributed by atoms with Gasteiger partial charge in [0, 0.05) is 37.2 Å². The van der Waals surface area contributed by atoms with Crippen LogP contribution in [-0.2, 0) is 25.3 Å². The number of hydrogen-bond acceptors (Lipinski definition) is 5. The van der Waals surface area contributed by atoms with E-state index in [1.807, 2.05) is 22.8 Å². The van der Waals surface area contributed by atoms with Crippen LogP contribution in [0.1, 0.15) is 37.6 Å². The van der Waals surface area contributed by atoms with E-state index >= 15 is 0 Å². The second-order valence-electron chi connectivity index (χ2n) is 9.42. The van der Waals surface area contributed by atoms with Gasteiger partial charge in [0.05, 0.1) is 5.69 Å². The topological polar surface area (TPSA) is 74.7 Å². The van der Waals surface area contributed by atoms with Crippen LogP contribution in [-0.4, -0.2) is 23.9 Å². The summed E-state index contributed by atoms with van der Waals surface area (Å²) in [4.78, 5) is 24.5. The Kier molecular flexibility index (Phi) is 6.36. The minimum atomic E-state index is -0.344. The molecule has 4 rings (SSSR count). The summed E-state index contributed by atoms with van der Waals surface area (Å²) in [6.45, 7) is 8.63. The van der Waals surface area contributed by atoms with Crippen LogP contribution < -0.4 is 11.2 Å². The normalized spacial score (nSPS) is 11.7. The highest BCUT2D eigenvalue weighted by Crippen LogP contribution is 2.32. The monoisotopic (exact) mass is 475 g/mol. The number of aryl methyl sites for hydroxylation is 1. The Morgan fingerprint density at radius 3 is 2.24 bits per heavy atom. The first kappa shape index (κ1) is 23.8. The van der Waals surface area contributed by atoms with E-state index in [0.29, 0.717) is 16.6 Å². The van der Waals surface area contributed by atoms with Crippen molar-refractivity contribution in [3.05, 3.63) is 92.3 Å². The largest absolute Gasteiger partial charge is 0.330 e. The zero-order chi connectivity index (χ0) is 24.6. The van der Waals surface area contributed by atoms with Gasteiger partial charge in [-0.15, -0.1) is 10.2 Å². The molecular formula is C26H29N5O2S. The van der Waals surface area contributed by atoms with Gasteiger partial charge < -0.3 is 0 Å². The number of para-hydroxylation sites is 1. The molecule has 7 nitrogen and oxygen atoms in total. The van der Waals surface area contributed by atoms with Gasteiger partial charge in [0.15, 0.2) is 11.0 Å². The third-order valence-electron chi connectivity index (χ3n) is 5.97. The van der Waals surface area contributed by atoms with Crippen LogP contribution in [0, 0.1) is 6.92 Å². The van der Waals surface area contributed by atoms with Crippen molar-refractivity contribution in [2.24, 2.45) is 14.1 Å². The van der Waals surface area contributed by atoms with Crippen LogP contribution in [0.3, 0.4) is 0 Å². The molecule has 0 saturated heterocycles. The molecule has 176 valence electrons. The second-order valence-corrected chi connectivity index (χ2v) is 10.4. The van der Waals surface area contributed by atoms with Gasteiger partial charge in [-0.3, -0.25) is 18.5 Å². The minimum Gasteiger partial charge on any atom is -0.300 e. The van der Waals surface area contributed by atoms with Crippen molar-refractivity contribution in [3.8, 4) is 17.1 Å². The summed E-state index contributed by atoms with van der Waals surface area (Å²) < 4.78 is 4.64. The molecular weight excluding hydrogens is 446 g/mol. The predicted octanol–water partition coefficient (Wildman–Crippen LogP) is 4.23. The van der Waals surface area contributed by atoms with Gasteiger partial charge in [-0.1, -0.05) is 75.0 Å². The summed E-state index contributed by atoms with van der Waals surface area (Å²) in [5.41, 5.74) is 4.33. The second kappa shape index (κ2) is 9.10. The molecule has 0 amide bonds. The van der Waals surface area contributed by atoms with Gasteiger partial charge in [-0.25, -0.2) is 4.79 Å². The van der Waals surface area contributed by atoms with E-state index in [-0.39, 0.29) is 16.7 Å². The molecule has 2 aromatic heterocycles. The van der Waals surface area contributed by atoms with Crippen LogP contribution in [0.5, 0.6) is 0 Å². The number of nitrogens with zero attached hydrogens (tertiary/aromatic N) is 5. The first-order chi connectivity index (χ1) is 16.1. The number of aromatic nitrogens is 5. The van der Waals surface area contributed by atoms with Crippen LogP contribution >= 0.6 is 11.8 Å². The van der Waals surface area contributed by atoms with Gasteiger partial charge in [0.1, 0.15) is 0 Å². The highest BCUT2D eigenvalue weighted by atomic mass is 32.2. The van der Waals surface area contributed by atoms with Crippen LogP contribution in [0.15, 0.2) is 69.3 Å². The van der Waals surface area contributed by atoms with E-state index in [0.717, 1.165) is 27.2 Å². The maximum atomic E-state index is 12.3. The fourth-order valence-electron chi connectivity index (χ4n) is 3.76. The van der Waals surface area contributed by atoms with Crippen LogP contribution in [0.25, 0.3) is 17.1 Å². The van der Waals surface area contributed by atoms with Crippen molar-refractivity contribution in [2.75, 3.05) is 0 Å². The molecule has 0 N–H and O–H groups in total. The predicted molar refractivity (Wildman–Crippen MR) is 137 cm³/mol. The Balaban J connectivity index is 1.78. The zero-order valence-corrected chi connectivity index (χ0v) is 21.2. The quantitative estimate of drug-likeness (QED) is 0.404. The fourth-order valence-corrected chi connectivity index (χ4v) is 4.72. The summed E-state index contributed by atoms with van der Waals surface area (Å²) in [5, 5.41) is 9.72. The highest BCUT2D eigenvalue weighted by molar-refractivity contribution is 7.98. The summed E-state index contributed by atoms with van der Waals surface area (Å²) in [5.74, 6) is 1.16. The van der Waals surface area contributed by atoms with Gasteiger partial charge in [0.25, 0.3) is 5.56 Å². The summed E-state index contributed by atoms with van der Waals surface area (Å²) in [6, 6.07) is 18.0. The van der Waals surface area contributed by atoms with Gasteiger partial charge in [-0.05, 0) is 29.5 Å². The minimum absolute atomic E-state index is 0.0614. The van der Waals surface area contributed by atoms with Gasteiger partial charge in [-0.2, -0.15) is 0 Å². The smallest absolute Gasteiger partial charge is 0.300 e. The Morgan fingerprint density at radius 2 is 1.59 bits per heavy atom. The zero-order valence-electron chi connectivity index (χ0n) is 20.4. The molecule has 0 bridgehead atoms. The fraction of sp³-hybridized carbons (Fsp3) is 0.308. The van der Waals surface area contributed by atoms with Crippen molar-refractivity contribution in [1.29, 1.82) is 0 Å². The lowest BCUT2D eigenvalue weighted by molar-refractivity contribution is 0.590. The summed E-state index contributed by atoms with van der Waals surface area (Å²) in [7, 11) is 3.15. The molecule has 0 unspecified atom stereocenters.